The molecule has 0 bridgehead atoms. The first-order valence-corrected chi connectivity index (χ1v) is 9.71. The van der Waals surface area contributed by atoms with Crippen molar-refractivity contribution >= 4 is 35.3 Å². The fraction of sp³-hybridized carbons (Fsp3) is 0.238. The third-order valence-electron chi connectivity index (χ3n) is 3.55. The van der Waals surface area contributed by atoms with Crippen molar-refractivity contribution in [1.29, 1.82) is 0 Å². The number of carbonyl (C=O) groups is 1. The molecule has 8 heteroatoms. The third-order valence-corrected chi connectivity index (χ3v) is 4.11. The first kappa shape index (κ1) is 22.6. The van der Waals surface area contributed by atoms with Crippen LogP contribution < -0.4 is 19.6 Å². The smallest absolute Gasteiger partial charge is 0.271 e. The molecule has 0 heterocycles. The van der Waals surface area contributed by atoms with Crippen LogP contribution >= 0.6 is 23.2 Å². The molecule has 0 spiro atoms. The van der Waals surface area contributed by atoms with E-state index in [0.29, 0.717) is 58.2 Å². The number of hydrogen-bond acceptors (Lipinski definition) is 5. The molecule has 2 aromatic carbocycles. The number of rotatable bonds is 10. The Balaban J connectivity index is 2.10. The lowest BCUT2D eigenvalue weighted by Gasteiger charge is -2.12. The molecular weight excluding hydrogens is 415 g/mol. The van der Waals surface area contributed by atoms with Gasteiger partial charge in [0, 0.05) is 5.56 Å². The fourth-order valence-corrected chi connectivity index (χ4v) is 2.96. The number of nitrogens with zero attached hydrogens (tertiary/aromatic N) is 1. The summed E-state index contributed by atoms with van der Waals surface area (Å²) in [5, 5.41) is 4.68. The summed E-state index contributed by atoms with van der Waals surface area (Å²) in [6, 6.07) is 8.17. The molecule has 0 unspecified atom stereocenters. The Hall–Kier alpha value is -2.70. The highest BCUT2D eigenvalue weighted by Gasteiger charge is 2.12. The van der Waals surface area contributed by atoms with Crippen molar-refractivity contribution in [2.75, 3.05) is 19.8 Å². The normalized spacial score (nSPS) is 10.6. The Kier molecular flexibility index (Phi) is 8.83. The van der Waals surface area contributed by atoms with Crippen LogP contribution in [0.5, 0.6) is 17.2 Å². The SMILES string of the molecule is C=CCOc1ccc(C(=O)N/N=C/c2cc(Cl)c(OCC)c(Cl)c2)cc1OCC. The van der Waals surface area contributed by atoms with E-state index in [0.717, 1.165) is 0 Å². The maximum Gasteiger partial charge on any atom is 0.271 e. The van der Waals surface area contributed by atoms with Crippen molar-refractivity contribution in [3.05, 3.63) is 64.2 Å². The van der Waals surface area contributed by atoms with E-state index in [4.69, 9.17) is 37.4 Å². The maximum absolute atomic E-state index is 12.4. The van der Waals surface area contributed by atoms with Crippen LogP contribution in [0.3, 0.4) is 0 Å². The third kappa shape index (κ3) is 6.41. The number of hydrogen-bond donors (Lipinski definition) is 1. The molecule has 0 atom stereocenters. The molecule has 6 nitrogen and oxygen atoms in total. The summed E-state index contributed by atoms with van der Waals surface area (Å²) in [6.45, 7) is 8.52. The van der Waals surface area contributed by atoms with Crippen molar-refractivity contribution in [2.45, 2.75) is 13.8 Å². The van der Waals surface area contributed by atoms with Crippen LogP contribution in [0.4, 0.5) is 0 Å². The molecule has 0 saturated carbocycles. The molecular formula is C21H22Cl2N2O4. The van der Waals surface area contributed by atoms with Crippen LogP contribution in [0, 0.1) is 0 Å². The minimum absolute atomic E-state index is 0.336. The second-order valence-corrected chi connectivity index (χ2v) is 6.45. The fourth-order valence-electron chi connectivity index (χ4n) is 2.35. The van der Waals surface area contributed by atoms with Gasteiger partial charge >= 0.3 is 0 Å². The lowest BCUT2D eigenvalue weighted by atomic mass is 10.2. The highest BCUT2D eigenvalue weighted by Crippen LogP contribution is 2.33. The topological polar surface area (TPSA) is 69.2 Å². The molecule has 0 aliphatic rings. The van der Waals surface area contributed by atoms with Crippen LogP contribution in [0.2, 0.25) is 10.0 Å². The van der Waals surface area contributed by atoms with Crippen LogP contribution in [-0.4, -0.2) is 31.9 Å². The highest BCUT2D eigenvalue weighted by atomic mass is 35.5. The monoisotopic (exact) mass is 436 g/mol. The maximum atomic E-state index is 12.4. The predicted octanol–water partition coefficient (Wildman–Crippen LogP) is 5.12. The summed E-state index contributed by atoms with van der Waals surface area (Å²) in [7, 11) is 0. The van der Waals surface area contributed by atoms with Gasteiger partial charge in [0.15, 0.2) is 17.2 Å². The lowest BCUT2D eigenvalue weighted by Crippen LogP contribution is -2.17. The summed E-state index contributed by atoms with van der Waals surface area (Å²) in [5.41, 5.74) is 3.45. The Labute approximate surface area is 180 Å². The summed E-state index contributed by atoms with van der Waals surface area (Å²) < 4.78 is 16.4. The van der Waals surface area contributed by atoms with Gasteiger partial charge in [-0.05, 0) is 49.7 Å². The number of halogens is 2. The van der Waals surface area contributed by atoms with Crippen molar-refractivity contribution < 1.29 is 19.0 Å². The van der Waals surface area contributed by atoms with Gasteiger partial charge in [-0.2, -0.15) is 5.10 Å². The zero-order valence-electron chi connectivity index (χ0n) is 16.2. The van der Waals surface area contributed by atoms with E-state index in [9.17, 15) is 4.79 Å². The van der Waals surface area contributed by atoms with Gasteiger partial charge in [-0.3, -0.25) is 4.79 Å². The van der Waals surface area contributed by atoms with Gasteiger partial charge in [-0.25, -0.2) is 5.43 Å². The molecule has 29 heavy (non-hydrogen) atoms. The van der Waals surface area contributed by atoms with E-state index in [2.05, 4.69) is 17.1 Å². The Bertz CT molecular complexity index is 877. The first-order valence-electron chi connectivity index (χ1n) is 8.95. The molecule has 154 valence electrons. The standard InChI is InChI=1S/C21H22Cl2N2O4/c1-4-9-29-18-8-7-15(12-19(18)27-5-2)21(26)25-24-13-14-10-16(22)20(28-6-3)17(23)11-14/h4,7-8,10-13H,1,5-6,9H2,2-3H3,(H,25,26)/b24-13+. The van der Waals surface area contributed by atoms with Gasteiger partial charge in [-0.1, -0.05) is 35.9 Å². The van der Waals surface area contributed by atoms with Gasteiger partial charge in [0.1, 0.15) is 6.61 Å². The van der Waals surface area contributed by atoms with E-state index < -0.39 is 5.91 Å². The lowest BCUT2D eigenvalue weighted by molar-refractivity contribution is 0.0954. The number of benzene rings is 2. The summed E-state index contributed by atoms with van der Waals surface area (Å²) >= 11 is 12.3. The quantitative estimate of drug-likeness (QED) is 0.318. The van der Waals surface area contributed by atoms with E-state index in [1.165, 1.54) is 6.21 Å². The van der Waals surface area contributed by atoms with Crippen LogP contribution in [0.25, 0.3) is 0 Å². The van der Waals surface area contributed by atoms with E-state index in [1.54, 1.807) is 36.4 Å². The molecule has 0 radical (unpaired) electrons. The molecule has 0 aliphatic carbocycles. The van der Waals surface area contributed by atoms with Crippen molar-refractivity contribution in [2.24, 2.45) is 5.10 Å². The molecule has 1 N–H and O–H groups in total. The second kappa shape index (κ2) is 11.3. The van der Waals surface area contributed by atoms with Crippen molar-refractivity contribution in [1.82, 2.24) is 5.43 Å². The summed E-state index contributed by atoms with van der Waals surface area (Å²) in [4.78, 5) is 12.4. The van der Waals surface area contributed by atoms with Gasteiger partial charge in [0.2, 0.25) is 0 Å². The molecule has 2 aromatic rings. The average Bonchev–Trinajstić information content (AvgIpc) is 2.70. The van der Waals surface area contributed by atoms with Crippen LogP contribution in [0.15, 0.2) is 48.1 Å². The van der Waals surface area contributed by atoms with Crippen LogP contribution in [0.1, 0.15) is 29.8 Å². The van der Waals surface area contributed by atoms with Gasteiger partial charge in [0.05, 0.1) is 29.5 Å². The van der Waals surface area contributed by atoms with Gasteiger partial charge < -0.3 is 14.2 Å². The molecule has 0 aliphatic heterocycles. The van der Waals surface area contributed by atoms with E-state index >= 15 is 0 Å². The number of carbonyl (C=O) groups excluding carboxylic acids is 1. The Morgan fingerprint density at radius 2 is 1.76 bits per heavy atom. The largest absolute Gasteiger partial charge is 0.491 e. The minimum Gasteiger partial charge on any atom is -0.491 e. The first-order chi connectivity index (χ1) is 14.0. The van der Waals surface area contributed by atoms with E-state index in [1.807, 2.05) is 13.8 Å². The molecule has 0 fully saturated rings. The number of hydrazone groups is 1. The minimum atomic E-state index is -0.402. The Morgan fingerprint density at radius 1 is 1.07 bits per heavy atom. The van der Waals surface area contributed by atoms with E-state index in [-0.39, 0.29) is 0 Å². The van der Waals surface area contributed by atoms with Gasteiger partial charge in [-0.15, -0.1) is 0 Å². The average molecular weight is 437 g/mol. The number of amides is 1. The van der Waals surface area contributed by atoms with Crippen molar-refractivity contribution in [3.8, 4) is 17.2 Å². The van der Waals surface area contributed by atoms with Crippen LogP contribution in [-0.2, 0) is 0 Å². The highest BCUT2D eigenvalue weighted by molar-refractivity contribution is 6.37. The van der Waals surface area contributed by atoms with Gasteiger partial charge in [0.25, 0.3) is 5.91 Å². The number of nitrogens with one attached hydrogen (secondary N) is 1. The zero-order valence-corrected chi connectivity index (χ0v) is 17.7. The molecule has 0 saturated heterocycles. The summed E-state index contributed by atoms with van der Waals surface area (Å²) in [6.07, 6.45) is 3.07. The number of ether oxygens (including phenoxy) is 3. The molecule has 2 rings (SSSR count). The summed E-state index contributed by atoms with van der Waals surface area (Å²) in [5.74, 6) is 1.02. The second-order valence-electron chi connectivity index (χ2n) is 5.64. The molecule has 0 aromatic heterocycles. The molecule has 1 amide bonds. The Morgan fingerprint density at radius 3 is 2.38 bits per heavy atom. The predicted molar refractivity (Wildman–Crippen MR) is 116 cm³/mol. The van der Waals surface area contributed by atoms with Crippen molar-refractivity contribution in [3.63, 3.8) is 0 Å². The zero-order chi connectivity index (χ0) is 21.2.